The smallest absolute Gasteiger partial charge is 0.207 e. The summed E-state index contributed by atoms with van der Waals surface area (Å²) < 4.78 is 23.3. The van der Waals surface area contributed by atoms with Crippen LogP contribution in [0.4, 0.5) is 0 Å². The second-order valence-corrected chi connectivity index (χ2v) is 19.4. The highest BCUT2D eigenvalue weighted by atomic mass is 28.4. The van der Waals surface area contributed by atoms with Crippen LogP contribution >= 0.6 is 0 Å². The summed E-state index contributed by atoms with van der Waals surface area (Å²) in [4.78, 5) is 0. The Morgan fingerprint density at radius 2 is 1.70 bits per heavy atom. The number of hydrogen-bond donors (Lipinski definition) is 0. The first kappa shape index (κ1) is 18.5. The predicted octanol–water partition coefficient (Wildman–Crippen LogP) is 3.18. The van der Waals surface area contributed by atoms with Gasteiger partial charge in [0.25, 0.3) is 0 Å². The third-order valence-corrected chi connectivity index (χ3v) is 9.38. The first-order valence-corrected chi connectivity index (χ1v) is 16.9. The van der Waals surface area contributed by atoms with Crippen molar-refractivity contribution in [2.75, 3.05) is 19.8 Å². The monoisotopic (exact) mass is 336 g/mol. The minimum Gasteiger partial charge on any atom is -0.458 e. The van der Waals surface area contributed by atoms with E-state index in [4.69, 9.17) is 18.0 Å². The summed E-state index contributed by atoms with van der Waals surface area (Å²) in [6, 6.07) is 1.19. The lowest BCUT2D eigenvalue weighted by molar-refractivity contribution is -0.0308. The molecule has 1 aliphatic heterocycles. The van der Waals surface area contributed by atoms with Crippen LogP contribution in [0.25, 0.3) is 0 Å². The predicted molar refractivity (Wildman–Crippen MR) is 90.8 cm³/mol. The molecule has 0 aromatic rings. The van der Waals surface area contributed by atoms with E-state index in [-0.39, 0.29) is 0 Å². The summed E-state index contributed by atoms with van der Waals surface area (Å²) in [5.41, 5.74) is 0. The van der Waals surface area contributed by atoms with Crippen LogP contribution in [0.5, 0.6) is 0 Å². The van der Waals surface area contributed by atoms with Crippen LogP contribution in [-0.2, 0) is 18.0 Å². The van der Waals surface area contributed by atoms with E-state index in [1.165, 1.54) is 6.04 Å². The van der Waals surface area contributed by atoms with Crippen LogP contribution in [-0.4, -0.2) is 51.3 Å². The molecule has 1 saturated heterocycles. The van der Waals surface area contributed by atoms with Crippen molar-refractivity contribution in [1.29, 1.82) is 0 Å². The topological polar surface area (TPSA) is 40.2 Å². The van der Waals surface area contributed by atoms with Gasteiger partial charge >= 0.3 is 0 Å². The Balaban J connectivity index is 2.08. The quantitative estimate of drug-likeness (QED) is 0.349. The van der Waals surface area contributed by atoms with Gasteiger partial charge in [-0.1, -0.05) is 0 Å². The first-order chi connectivity index (χ1) is 9.02. The Bertz CT molecular complexity index is 295. The molecule has 4 nitrogen and oxygen atoms in total. The van der Waals surface area contributed by atoms with E-state index in [0.717, 1.165) is 13.0 Å². The third kappa shape index (κ3) is 8.71. The maximum absolute atomic E-state index is 6.14. The second kappa shape index (κ2) is 7.17. The minimum atomic E-state index is -1.56. The minimum absolute atomic E-state index is 0.414. The molecular weight excluding hydrogens is 304 g/mol. The molecule has 7 heteroatoms. The van der Waals surface area contributed by atoms with E-state index < -0.39 is 31.5 Å². The van der Waals surface area contributed by atoms with Gasteiger partial charge in [0, 0.05) is 6.61 Å². The molecule has 0 spiro atoms. The molecule has 1 heterocycles. The van der Waals surface area contributed by atoms with Gasteiger partial charge in [0.05, 0.1) is 0 Å². The fraction of sp³-hybridized carbons (Fsp3) is 1.00. The molecule has 0 amide bonds. The normalized spacial score (nSPS) is 24.8. The molecule has 120 valence electrons. The van der Waals surface area contributed by atoms with E-state index in [2.05, 4.69) is 45.8 Å². The van der Waals surface area contributed by atoms with E-state index in [1.807, 2.05) is 0 Å². The van der Waals surface area contributed by atoms with Gasteiger partial charge < -0.3 is 18.0 Å². The molecule has 0 bridgehead atoms. The van der Waals surface area contributed by atoms with Gasteiger partial charge in [0.2, 0.25) is 5.79 Å². The summed E-state index contributed by atoms with van der Waals surface area (Å²) >= 11 is 0. The van der Waals surface area contributed by atoms with Crippen LogP contribution in [0.1, 0.15) is 6.42 Å². The van der Waals surface area contributed by atoms with Crippen molar-refractivity contribution < 1.29 is 18.0 Å². The van der Waals surface area contributed by atoms with E-state index >= 15 is 0 Å². The van der Waals surface area contributed by atoms with Gasteiger partial charge in [-0.15, -0.1) is 0 Å². The maximum atomic E-state index is 6.14. The van der Waals surface area contributed by atoms with Crippen LogP contribution in [0, 0.1) is 0 Å². The lowest BCUT2D eigenvalue weighted by Crippen LogP contribution is -2.37. The van der Waals surface area contributed by atoms with Crippen molar-refractivity contribution >= 4 is 25.7 Å². The highest BCUT2D eigenvalue weighted by Crippen LogP contribution is 2.32. The van der Waals surface area contributed by atoms with Crippen molar-refractivity contribution in [2.24, 2.45) is 0 Å². The van der Waals surface area contributed by atoms with E-state index in [0.29, 0.717) is 13.2 Å². The summed E-state index contributed by atoms with van der Waals surface area (Å²) in [7, 11) is -3.91. The lowest BCUT2D eigenvalue weighted by Gasteiger charge is -2.24. The van der Waals surface area contributed by atoms with E-state index in [9.17, 15) is 0 Å². The largest absolute Gasteiger partial charge is 0.458 e. The molecule has 0 aromatic heterocycles. The zero-order chi connectivity index (χ0) is 15.4. The van der Waals surface area contributed by atoms with Crippen molar-refractivity contribution in [3.8, 4) is 0 Å². The van der Waals surface area contributed by atoms with Crippen molar-refractivity contribution in [3.63, 3.8) is 0 Å². The molecule has 0 N–H and O–H groups in total. The highest BCUT2D eigenvalue weighted by molar-refractivity contribution is 6.77. The zero-order valence-electron chi connectivity index (χ0n) is 14.2. The van der Waals surface area contributed by atoms with Crippen LogP contribution in [0.15, 0.2) is 0 Å². The molecule has 20 heavy (non-hydrogen) atoms. The Morgan fingerprint density at radius 3 is 2.15 bits per heavy atom. The van der Waals surface area contributed by atoms with Crippen molar-refractivity contribution in [3.05, 3.63) is 0 Å². The fourth-order valence-corrected chi connectivity index (χ4v) is 9.51. The van der Waals surface area contributed by atoms with Crippen LogP contribution in [0.3, 0.4) is 0 Å². The molecular formula is C13H32O4Si3. The van der Waals surface area contributed by atoms with Gasteiger partial charge in [-0.25, -0.2) is 0 Å². The fourth-order valence-electron chi connectivity index (χ4n) is 2.17. The summed E-state index contributed by atoms with van der Waals surface area (Å²) in [6.45, 7) is 17.6. The highest BCUT2D eigenvalue weighted by Gasteiger charge is 2.49. The van der Waals surface area contributed by atoms with Gasteiger partial charge in [-0.3, -0.25) is 0 Å². The Labute approximate surface area is 128 Å². The molecule has 0 aromatic carbocycles. The summed E-state index contributed by atoms with van der Waals surface area (Å²) in [5, 5.41) is 0. The zero-order valence-corrected chi connectivity index (χ0v) is 17.4. The first-order valence-electron chi connectivity index (χ1n) is 7.61. The van der Waals surface area contributed by atoms with Gasteiger partial charge in [-0.2, -0.15) is 0 Å². The number of rotatable bonds is 10. The summed E-state index contributed by atoms with van der Waals surface area (Å²) in [6.07, 6.45) is 1.08. The molecule has 0 aliphatic carbocycles. The Morgan fingerprint density at radius 1 is 1.10 bits per heavy atom. The third-order valence-electron chi connectivity index (χ3n) is 2.73. The van der Waals surface area contributed by atoms with Crippen LogP contribution < -0.4 is 0 Å². The van der Waals surface area contributed by atoms with Crippen LogP contribution in [0.2, 0.25) is 51.9 Å². The van der Waals surface area contributed by atoms with Crippen molar-refractivity contribution in [2.45, 2.75) is 64.1 Å². The number of epoxide rings is 1. The Hall–Kier alpha value is 0.491. The number of ether oxygens (including phenoxy) is 2. The molecule has 1 aliphatic rings. The average Bonchev–Trinajstić information content (AvgIpc) is 2.91. The maximum Gasteiger partial charge on any atom is 0.207 e. The standard InChI is InChI=1S/C13H32O4Si3/c1-18(17-20(5,6)7)10-8-9-14-11-13(12-15-13)16-19(2,3)4/h18H,8-12H2,1-7H3/t13-,18?/m0/s1. The Kier molecular flexibility index (Phi) is 6.64. The van der Waals surface area contributed by atoms with Gasteiger partial charge in [0.15, 0.2) is 25.7 Å². The van der Waals surface area contributed by atoms with E-state index in [1.54, 1.807) is 0 Å². The number of hydrogen-bond acceptors (Lipinski definition) is 4. The van der Waals surface area contributed by atoms with Gasteiger partial charge in [-0.05, 0) is 58.3 Å². The van der Waals surface area contributed by atoms with Gasteiger partial charge in [0.1, 0.15) is 13.2 Å². The molecule has 0 radical (unpaired) electrons. The molecule has 2 atom stereocenters. The SMILES string of the molecule is C[SiH](CCCOC[C@]1(O[Si](C)(C)C)CO1)O[Si](C)(C)C. The summed E-state index contributed by atoms with van der Waals surface area (Å²) in [5.74, 6) is -0.414. The molecule has 1 fully saturated rings. The molecule has 1 rings (SSSR count). The second-order valence-electron chi connectivity index (χ2n) is 7.65. The molecule has 0 saturated carbocycles. The average molecular weight is 337 g/mol. The van der Waals surface area contributed by atoms with Crippen molar-refractivity contribution in [1.82, 2.24) is 0 Å². The molecule has 1 unspecified atom stereocenters. The lowest BCUT2D eigenvalue weighted by atomic mass is 10.4.